The van der Waals surface area contributed by atoms with E-state index in [1.807, 2.05) is 41.3 Å². The average Bonchev–Trinajstić information content (AvgIpc) is 2.99. The molecule has 100 valence electrons. The number of hydrogen-bond donors (Lipinski definition) is 2. The second-order valence-corrected chi connectivity index (χ2v) is 4.88. The van der Waals surface area contributed by atoms with Gasteiger partial charge in [0.2, 0.25) is 0 Å². The molecule has 0 unspecified atom stereocenters. The topological polar surface area (TPSA) is 69.7 Å². The number of likely N-dealkylation sites (tertiary alicyclic amines) is 1. The smallest absolute Gasteiger partial charge is 0.167 e. The van der Waals surface area contributed by atoms with E-state index in [4.69, 9.17) is 4.52 Å². The summed E-state index contributed by atoms with van der Waals surface area (Å²) in [5, 5.41) is 23.0. The Labute approximate surface area is 111 Å². The van der Waals surface area contributed by atoms with E-state index in [-0.39, 0.29) is 0 Å². The minimum atomic E-state index is -0.666. The number of aliphatic hydroxyl groups excluding tert-OH is 2. The summed E-state index contributed by atoms with van der Waals surface area (Å²) in [7, 11) is 0. The molecule has 1 aliphatic heterocycles. The lowest BCUT2D eigenvalue weighted by atomic mass is 10.1. The zero-order chi connectivity index (χ0) is 13.2. The van der Waals surface area contributed by atoms with Crippen molar-refractivity contribution in [3.05, 3.63) is 42.1 Å². The predicted octanol–water partition coefficient (Wildman–Crippen LogP) is 0.879. The maximum atomic E-state index is 9.49. The van der Waals surface area contributed by atoms with Crippen LogP contribution in [0.25, 0.3) is 11.3 Å². The Kier molecular flexibility index (Phi) is 3.33. The fraction of sp³-hybridized carbons (Fsp3) is 0.357. The van der Waals surface area contributed by atoms with E-state index in [1.165, 1.54) is 0 Å². The monoisotopic (exact) mass is 260 g/mol. The number of β-amino-alcohol motifs (C(OH)–C–C–N with tert-alkyl or cyclic N) is 2. The molecule has 2 N–H and O–H groups in total. The highest BCUT2D eigenvalue weighted by atomic mass is 16.5. The molecule has 1 fully saturated rings. The molecule has 2 atom stereocenters. The summed E-state index contributed by atoms with van der Waals surface area (Å²) < 4.78 is 5.31. The van der Waals surface area contributed by atoms with Gasteiger partial charge in [-0.2, -0.15) is 0 Å². The Morgan fingerprint density at radius 1 is 1.16 bits per heavy atom. The molecule has 19 heavy (non-hydrogen) atoms. The SMILES string of the molecule is O[C@@H]1CN(Cc2cc(-c3ccccc3)on2)C[C@@H]1O. The number of hydrogen-bond acceptors (Lipinski definition) is 5. The number of nitrogens with zero attached hydrogens (tertiary/aromatic N) is 2. The van der Waals surface area contributed by atoms with Crippen LogP contribution in [0.2, 0.25) is 0 Å². The average molecular weight is 260 g/mol. The first-order valence-electron chi connectivity index (χ1n) is 6.32. The fourth-order valence-electron chi connectivity index (χ4n) is 2.33. The quantitative estimate of drug-likeness (QED) is 0.857. The maximum absolute atomic E-state index is 9.49. The van der Waals surface area contributed by atoms with Crippen LogP contribution in [0, 0.1) is 0 Å². The molecule has 0 saturated carbocycles. The molecule has 1 aromatic heterocycles. The van der Waals surface area contributed by atoms with Gasteiger partial charge in [-0.1, -0.05) is 35.5 Å². The van der Waals surface area contributed by atoms with Crippen molar-refractivity contribution < 1.29 is 14.7 Å². The van der Waals surface area contributed by atoms with Crippen LogP contribution >= 0.6 is 0 Å². The summed E-state index contributed by atoms with van der Waals surface area (Å²) in [6.07, 6.45) is -1.33. The van der Waals surface area contributed by atoms with Crippen LogP contribution in [0.5, 0.6) is 0 Å². The second-order valence-electron chi connectivity index (χ2n) is 4.88. The van der Waals surface area contributed by atoms with Gasteiger partial charge in [0, 0.05) is 31.3 Å². The molecule has 0 radical (unpaired) electrons. The molecule has 2 heterocycles. The van der Waals surface area contributed by atoms with Gasteiger partial charge < -0.3 is 14.7 Å². The molecule has 1 aliphatic rings. The van der Waals surface area contributed by atoms with E-state index in [9.17, 15) is 10.2 Å². The second kappa shape index (κ2) is 5.13. The fourth-order valence-corrected chi connectivity index (χ4v) is 2.33. The number of rotatable bonds is 3. The first-order chi connectivity index (χ1) is 9.22. The highest BCUT2D eigenvalue weighted by Crippen LogP contribution is 2.21. The predicted molar refractivity (Wildman–Crippen MR) is 69.2 cm³/mol. The summed E-state index contributed by atoms with van der Waals surface area (Å²) in [6.45, 7) is 1.51. The Morgan fingerprint density at radius 2 is 1.84 bits per heavy atom. The molecule has 0 bridgehead atoms. The number of aliphatic hydroxyl groups is 2. The molecule has 0 spiro atoms. The summed E-state index contributed by atoms with van der Waals surface area (Å²) in [6, 6.07) is 11.7. The van der Waals surface area contributed by atoms with E-state index >= 15 is 0 Å². The zero-order valence-corrected chi connectivity index (χ0v) is 10.4. The molecule has 5 heteroatoms. The van der Waals surface area contributed by atoms with Gasteiger partial charge in [-0.3, -0.25) is 4.90 Å². The van der Waals surface area contributed by atoms with Gasteiger partial charge in [-0.05, 0) is 0 Å². The molecule has 5 nitrogen and oxygen atoms in total. The van der Waals surface area contributed by atoms with Gasteiger partial charge in [-0.15, -0.1) is 0 Å². The minimum absolute atomic E-state index is 0.467. The van der Waals surface area contributed by atoms with Gasteiger partial charge in [0.25, 0.3) is 0 Å². The van der Waals surface area contributed by atoms with Crippen molar-refractivity contribution in [2.75, 3.05) is 13.1 Å². The summed E-state index contributed by atoms with van der Waals surface area (Å²) in [5.41, 5.74) is 1.79. The molecular weight excluding hydrogens is 244 g/mol. The van der Waals surface area contributed by atoms with Gasteiger partial charge >= 0.3 is 0 Å². The third-order valence-corrected chi connectivity index (χ3v) is 3.34. The first-order valence-corrected chi connectivity index (χ1v) is 6.32. The van der Waals surface area contributed by atoms with Crippen molar-refractivity contribution in [2.45, 2.75) is 18.8 Å². The van der Waals surface area contributed by atoms with Crippen molar-refractivity contribution in [1.29, 1.82) is 0 Å². The molecule has 0 aliphatic carbocycles. The number of benzene rings is 1. The Balaban J connectivity index is 1.69. The highest BCUT2D eigenvalue weighted by molar-refractivity contribution is 5.56. The third-order valence-electron chi connectivity index (χ3n) is 3.34. The van der Waals surface area contributed by atoms with Crippen molar-refractivity contribution >= 4 is 0 Å². The van der Waals surface area contributed by atoms with Crippen LogP contribution in [0.15, 0.2) is 40.9 Å². The molecule has 2 aromatic rings. The lowest BCUT2D eigenvalue weighted by Crippen LogP contribution is -2.22. The Hall–Kier alpha value is -1.69. The molecular formula is C14H16N2O3. The van der Waals surface area contributed by atoms with Crippen molar-refractivity contribution in [3.8, 4) is 11.3 Å². The minimum Gasteiger partial charge on any atom is -0.389 e. The zero-order valence-electron chi connectivity index (χ0n) is 10.4. The van der Waals surface area contributed by atoms with Gasteiger partial charge in [-0.25, -0.2) is 0 Å². The Morgan fingerprint density at radius 3 is 2.53 bits per heavy atom. The normalized spacial score (nSPS) is 23.9. The van der Waals surface area contributed by atoms with E-state index in [0.29, 0.717) is 19.6 Å². The van der Waals surface area contributed by atoms with Crippen LogP contribution in [0.3, 0.4) is 0 Å². The number of aromatic nitrogens is 1. The molecule has 0 amide bonds. The van der Waals surface area contributed by atoms with Crippen LogP contribution < -0.4 is 0 Å². The van der Waals surface area contributed by atoms with E-state index in [1.54, 1.807) is 0 Å². The van der Waals surface area contributed by atoms with E-state index in [2.05, 4.69) is 5.16 Å². The molecule has 3 rings (SSSR count). The standard InChI is InChI=1S/C14H16N2O3/c17-12-8-16(9-13(12)18)7-11-6-14(19-15-11)10-4-2-1-3-5-10/h1-6,12-13,17-18H,7-9H2/t12-,13+. The van der Waals surface area contributed by atoms with Gasteiger partial charge in [0.05, 0.1) is 17.9 Å². The largest absolute Gasteiger partial charge is 0.389 e. The lowest BCUT2D eigenvalue weighted by Gasteiger charge is -2.11. The van der Waals surface area contributed by atoms with Crippen molar-refractivity contribution in [2.24, 2.45) is 0 Å². The third kappa shape index (κ3) is 2.68. The van der Waals surface area contributed by atoms with Crippen LogP contribution in [-0.4, -0.2) is 45.6 Å². The maximum Gasteiger partial charge on any atom is 0.167 e. The van der Waals surface area contributed by atoms with E-state index in [0.717, 1.165) is 17.0 Å². The van der Waals surface area contributed by atoms with Gasteiger partial charge in [0.15, 0.2) is 5.76 Å². The van der Waals surface area contributed by atoms with Gasteiger partial charge in [0.1, 0.15) is 0 Å². The summed E-state index contributed by atoms with van der Waals surface area (Å²) >= 11 is 0. The van der Waals surface area contributed by atoms with Crippen LogP contribution in [-0.2, 0) is 6.54 Å². The molecule has 1 aromatic carbocycles. The highest BCUT2D eigenvalue weighted by Gasteiger charge is 2.29. The lowest BCUT2D eigenvalue weighted by molar-refractivity contribution is 0.0572. The first kappa shape index (κ1) is 12.3. The van der Waals surface area contributed by atoms with E-state index < -0.39 is 12.2 Å². The van der Waals surface area contributed by atoms with Crippen molar-refractivity contribution in [1.82, 2.24) is 10.1 Å². The van der Waals surface area contributed by atoms with Crippen molar-refractivity contribution in [3.63, 3.8) is 0 Å². The van der Waals surface area contributed by atoms with Crippen LogP contribution in [0.1, 0.15) is 5.69 Å². The Bertz CT molecular complexity index is 531. The summed E-state index contributed by atoms with van der Waals surface area (Å²) in [5.74, 6) is 0.732. The molecule has 1 saturated heterocycles. The summed E-state index contributed by atoms with van der Waals surface area (Å²) in [4.78, 5) is 1.96. The van der Waals surface area contributed by atoms with Crippen LogP contribution in [0.4, 0.5) is 0 Å².